The zero-order valence-corrected chi connectivity index (χ0v) is 12.8. The molecule has 20 heavy (non-hydrogen) atoms. The first-order chi connectivity index (χ1) is 9.51. The van der Waals surface area contributed by atoms with Gasteiger partial charge in [-0.05, 0) is 13.8 Å². The van der Waals surface area contributed by atoms with Crippen molar-refractivity contribution in [2.24, 2.45) is 7.05 Å². The average Bonchev–Trinajstić information content (AvgIpc) is 2.83. The molecule has 1 aliphatic rings. The molecule has 0 saturated carbocycles. The fourth-order valence-corrected chi connectivity index (χ4v) is 2.70. The van der Waals surface area contributed by atoms with Crippen molar-refractivity contribution in [1.82, 2.24) is 24.9 Å². The Bertz CT molecular complexity index is 456. The number of carbonyl (C=O) groups is 1. The van der Waals surface area contributed by atoms with Gasteiger partial charge in [0.1, 0.15) is 6.04 Å². The van der Waals surface area contributed by atoms with Crippen molar-refractivity contribution in [2.45, 2.75) is 32.5 Å². The summed E-state index contributed by atoms with van der Waals surface area (Å²) in [5.41, 5.74) is 1.15. The van der Waals surface area contributed by atoms with Crippen molar-refractivity contribution in [2.75, 3.05) is 26.7 Å². The molecule has 112 valence electrons. The number of hydrogen-bond donors (Lipinski definition) is 1. The molecule has 0 unspecified atom stereocenters. The Morgan fingerprint density at radius 2 is 2.25 bits per heavy atom. The highest BCUT2D eigenvalue weighted by Gasteiger charge is 2.32. The molecule has 1 aliphatic heterocycles. The second kappa shape index (κ2) is 6.37. The van der Waals surface area contributed by atoms with Crippen molar-refractivity contribution in [3.8, 4) is 0 Å². The van der Waals surface area contributed by atoms with Crippen LogP contribution < -0.4 is 5.32 Å². The number of carbonyl (C=O) groups excluding carboxylic acids is 1. The minimum atomic E-state index is -0.0867. The highest BCUT2D eigenvalue weighted by molar-refractivity contribution is 5.81. The van der Waals surface area contributed by atoms with Gasteiger partial charge in [0, 0.05) is 58.1 Å². The summed E-state index contributed by atoms with van der Waals surface area (Å²) in [7, 11) is 3.62. The van der Waals surface area contributed by atoms with E-state index in [4.69, 9.17) is 0 Å². The van der Waals surface area contributed by atoms with E-state index in [1.54, 1.807) is 11.7 Å². The van der Waals surface area contributed by atoms with Crippen molar-refractivity contribution in [1.29, 1.82) is 0 Å². The van der Waals surface area contributed by atoms with Gasteiger partial charge in [0.15, 0.2) is 0 Å². The van der Waals surface area contributed by atoms with E-state index in [2.05, 4.69) is 34.1 Å². The lowest BCUT2D eigenvalue weighted by molar-refractivity contribution is -0.129. The first-order valence-corrected chi connectivity index (χ1v) is 7.18. The van der Waals surface area contributed by atoms with Crippen molar-refractivity contribution in [3.05, 3.63) is 18.0 Å². The molecule has 1 saturated heterocycles. The molecule has 1 aromatic heterocycles. The zero-order chi connectivity index (χ0) is 14.7. The topological polar surface area (TPSA) is 53.4 Å². The maximum atomic E-state index is 12.1. The number of likely N-dealkylation sites (N-methyl/N-ethyl adjacent to an activating group) is 1. The largest absolute Gasteiger partial charge is 0.358 e. The molecule has 1 atom stereocenters. The zero-order valence-electron chi connectivity index (χ0n) is 12.8. The van der Waals surface area contributed by atoms with E-state index in [9.17, 15) is 4.79 Å². The first kappa shape index (κ1) is 15.0. The van der Waals surface area contributed by atoms with Crippen molar-refractivity contribution in [3.63, 3.8) is 0 Å². The summed E-state index contributed by atoms with van der Waals surface area (Å²) in [6.45, 7) is 7.83. The average molecular weight is 279 g/mol. The Hall–Kier alpha value is -1.40. The summed E-state index contributed by atoms with van der Waals surface area (Å²) in [5, 5.41) is 6.98. The van der Waals surface area contributed by atoms with Gasteiger partial charge in [-0.1, -0.05) is 0 Å². The number of nitrogens with one attached hydrogen (secondary N) is 1. The van der Waals surface area contributed by atoms with Crippen LogP contribution in [0.2, 0.25) is 0 Å². The summed E-state index contributed by atoms with van der Waals surface area (Å²) in [6.07, 6.45) is 3.88. The minimum absolute atomic E-state index is 0.0867. The first-order valence-electron chi connectivity index (χ1n) is 7.18. The van der Waals surface area contributed by atoms with Crippen LogP contribution in [-0.2, 0) is 18.4 Å². The van der Waals surface area contributed by atoms with Gasteiger partial charge in [-0.3, -0.25) is 19.3 Å². The molecule has 6 nitrogen and oxygen atoms in total. The molecule has 0 bridgehead atoms. The van der Waals surface area contributed by atoms with E-state index in [1.165, 1.54) is 0 Å². The Labute approximate surface area is 120 Å². The Kier molecular flexibility index (Phi) is 4.77. The number of aryl methyl sites for hydroxylation is 1. The lowest BCUT2D eigenvalue weighted by atomic mass is 10.1. The van der Waals surface area contributed by atoms with Crippen LogP contribution in [-0.4, -0.2) is 64.3 Å². The molecular formula is C14H25N5O. The monoisotopic (exact) mass is 279 g/mol. The van der Waals surface area contributed by atoms with E-state index in [1.807, 2.05) is 19.4 Å². The summed E-state index contributed by atoms with van der Waals surface area (Å²) in [5.74, 6) is 0.0965. The molecule has 2 rings (SSSR count). The van der Waals surface area contributed by atoms with E-state index >= 15 is 0 Å². The van der Waals surface area contributed by atoms with Crippen LogP contribution in [0.25, 0.3) is 0 Å². The van der Waals surface area contributed by atoms with Gasteiger partial charge in [-0.2, -0.15) is 5.10 Å². The Balaban J connectivity index is 2.08. The molecule has 0 radical (unpaired) electrons. The third kappa shape index (κ3) is 3.37. The molecule has 2 heterocycles. The highest BCUT2D eigenvalue weighted by atomic mass is 16.2. The number of nitrogens with zero attached hydrogens (tertiary/aromatic N) is 4. The molecule has 1 aromatic rings. The standard InChI is InChI=1S/C14H25N5O/c1-11(2)18-5-6-19(13(10-18)14(20)15-3)9-12-7-16-17(4)8-12/h7-8,11,13H,5-6,9-10H2,1-4H3,(H,15,20)/t13-/m1/s1. The molecule has 6 heteroatoms. The number of amides is 1. The van der Waals surface area contributed by atoms with E-state index in [0.29, 0.717) is 6.04 Å². The lowest BCUT2D eigenvalue weighted by Crippen LogP contribution is -2.59. The number of hydrogen-bond acceptors (Lipinski definition) is 4. The second-order valence-electron chi connectivity index (χ2n) is 5.71. The van der Waals surface area contributed by atoms with Crippen LogP contribution in [0.1, 0.15) is 19.4 Å². The predicted octanol–water partition coefficient (Wildman–Crippen LogP) is 0.0607. The fourth-order valence-electron chi connectivity index (χ4n) is 2.70. The van der Waals surface area contributed by atoms with Crippen LogP contribution in [0, 0.1) is 0 Å². The predicted molar refractivity (Wildman–Crippen MR) is 78.2 cm³/mol. The smallest absolute Gasteiger partial charge is 0.238 e. The van der Waals surface area contributed by atoms with E-state index in [-0.39, 0.29) is 11.9 Å². The molecule has 1 amide bonds. The molecule has 0 spiro atoms. The maximum Gasteiger partial charge on any atom is 0.238 e. The van der Waals surface area contributed by atoms with Crippen molar-refractivity contribution < 1.29 is 4.79 Å². The molecule has 0 aromatic carbocycles. The summed E-state index contributed by atoms with van der Waals surface area (Å²) in [4.78, 5) is 16.7. The van der Waals surface area contributed by atoms with E-state index in [0.717, 1.165) is 31.7 Å². The molecule has 0 aliphatic carbocycles. The van der Waals surface area contributed by atoms with Crippen LogP contribution in [0.15, 0.2) is 12.4 Å². The molecule has 1 N–H and O–H groups in total. The fraction of sp³-hybridized carbons (Fsp3) is 0.714. The third-order valence-corrected chi connectivity index (χ3v) is 3.95. The number of rotatable bonds is 4. The Morgan fingerprint density at radius 3 is 2.80 bits per heavy atom. The molecule has 1 fully saturated rings. The summed E-state index contributed by atoms with van der Waals surface area (Å²) in [6, 6.07) is 0.388. The van der Waals surface area contributed by atoms with Crippen LogP contribution in [0.5, 0.6) is 0 Å². The normalized spacial score (nSPS) is 21.4. The van der Waals surface area contributed by atoms with Gasteiger partial charge >= 0.3 is 0 Å². The number of aromatic nitrogens is 2. The van der Waals surface area contributed by atoms with E-state index < -0.39 is 0 Å². The lowest BCUT2D eigenvalue weighted by Gasteiger charge is -2.41. The summed E-state index contributed by atoms with van der Waals surface area (Å²) >= 11 is 0. The number of piperazine rings is 1. The van der Waals surface area contributed by atoms with Crippen LogP contribution >= 0.6 is 0 Å². The van der Waals surface area contributed by atoms with Gasteiger partial charge in [-0.15, -0.1) is 0 Å². The Morgan fingerprint density at radius 1 is 1.50 bits per heavy atom. The second-order valence-corrected chi connectivity index (χ2v) is 5.71. The van der Waals surface area contributed by atoms with Gasteiger partial charge in [-0.25, -0.2) is 0 Å². The van der Waals surface area contributed by atoms with Gasteiger partial charge in [0.05, 0.1) is 6.20 Å². The van der Waals surface area contributed by atoms with Crippen LogP contribution in [0.3, 0.4) is 0 Å². The van der Waals surface area contributed by atoms with Gasteiger partial charge in [0.2, 0.25) is 5.91 Å². The molecular weight excluding hydrogens is 254 g/mol. The maximum absolute atomic E-state index is 12.1. The highest BCUT2D eigenvalue weighted by Crippen LogP contribution is 2.16. The minimum Gasteiger partial charge on any atom is -0.358 e. The van der Waals surface area contributed by atoms with Crippen LogP contribution in [0.4, 0.5) is 0 Å². The quantitative estimate of drug-likeness (QED) is 0.847. The summed E-state index contributed by atoms with van der Waals surface area (Å²) < 4.78 is 1.80. The van der Waals surface area contributed by atoms with Gasteiger partial charge in [0.25, 0.3) is 0 Å². The van der Waals surface area contributed by atoms with Crippen molar-refractivity contribution >= 4 is 5.91 Å². The third-order valence-electron chi connectivity index (χ3n) is 3.95. The van der Waals surface area contributed by atoms with Gasteiger partial charge < -0.3 is 5.32 Å². The SMILES string of the molecule is CNC(=O)[C@H]1CN(C(C)C)CCN1Cc1cnn(C)c1.